The molecule has 88 valence electrons. The molecule has 0 aliphatic carbocycles. The zero-order chi connectivity index (χ0) is 12.4. The second-order valence-electron chi connectivity index (χ2n) is 3.71. The van der Waals surface area contributed by atoms with Gasteiger partial charge in [-0.05, 0) is 5.56 Å². The Hall–Kier alpha value is -2.37. The minimum atomic E-state index is -0.922. The maximum absolute atomic E-state index is 11.5. The molecule has 1 aliphatic heterocycles. The molecule has 5 amide bonds. The molecule has 1 aromatic carbocycles. The Balaban J connectivity index is 2.21. The lowest BCUT2D eigenvalue weighted by Gasteiger charge is -2.17. The number of benzene rings is 1. The van der Waals surface area contributed by atoms with Crippen molar-refractivity contribution in [3.63, 3.8) is 0 Å². The molecule has 3 N–H and O–H groups in total. The molecule has 1 atom stereocenters. The lowest BCUT2D eigenvalue weighted by atomic mass is 10.1. The van der Waals surface area contributed by atoms with Crippen molar-refractivity contribution in [1.82, 2.24) is 10.2 Å². The van der Waals surface area contributed by atoms with Crippen LogP contribution < -0.4 is 11.1 Å². The molecule has 6 nitrogen and oxygen atoms in total. The van der Waals surface area contributed by atoms with Crippen LogP contribution in [0, 0.1) is 0 Å². The average molecular weight is 233 g/mol. The topological polar surface area (TPSA) is 92.5 Å². The van der Waals surface area contributed by atoms with Crippen LogP contribution in [0.5, 0.6) is 0 Å². The summed E-state index contributed by atoms with van der Waals surface area (Å²) in [6.45, 7) is 0. The fourth-order valence-corrected chi connectivity index (χ4v) is 1.78. The highest BCUT2D eigenvalue weighted by Gasteiger charge is 2.41. The summed E-state index contributed by atoms with van der Waals surface area (Å²) < 4.78 is 0. The number of nitrogens with one attached hydrogen (secondary N) is 1. The van der Waals surface area contributed by atoms with E-state index < -0.39 is 24.0 Å². The van der Waals surface area contributed by atoms with Crippen LogP contribution >= 0.6 is 0 Å². The van der Waals surface area contributed by atoms with E-state index in [2.05, 4.69) is 5.32 Å². The zero-order valence-electron chi connectivity index (χ0n) is 8.92. The molecular weight excluding hydrogens is 222 g/mol. The number of primary amides is 1. The number of urea groups is 2. The van der Waals surface area contributed by atoms with Crippen LogP contribution in [0.4, 0.5) is 9.59 Å². The van der Waals surface area contributed by atoms with Crippen LogP contribution in [-0.4, -0.2) is 28.9 Å². The largest absolute Gasteiger partial charge is 0.351 e. The Morgan fingerprint density at radius 1 is 1.29 bits per heavy atom. The monoisotopic (exact) mass is 233 g/mol. The number of hydrogen-bond acceptors (Lipinski definition) is 3. The summed E-state index contributed by atoms with van der Waals surface area (Å²) in [4.78, 5) is 34.7. The number of rotatable bonds is 2. The number of carbonyl (C=O) groups is 3. The molecule has 0 bridgehead atoms. The molecule has 1 heterocycles. The number of nitrogens with two attached hydrogens (primary N) is 1. The highest BCUT2D eigenvalue weighted by atomic mass is 16.2. The van der Waals surface area contributed by atoms with Gasteiger partial charge >= 0.3 is 12.1 Å². The molecule has 2 rings (SSSR count). The van der Waals surface area contributed by atoms with Crippen molar-refractivity contribution < 1.29 is 14.4 Å². The second kappa shape index (κ2) is 4.25. The van der Waals surface area contributed by atoms with Crippen molar-refractivity contribution in [2.45, 2.75) is 12.5 Å². The van der Waals surface area contributed by atoms with Crippen molar-refractivity contribution in [2.24, 2.45) is 5.73 Å². The van der Waals surface area contributed by atoms with Gasteiger partial charge < -0.3 is 5.73 Å². The fraction of sp³-hybridized carbons (Fsp3) is 0.182. The van der Waals surface area contributed by atoms with Crippen LogP contribution in [0.3, 0.4) is 0 Å². The Morgan fingerprint density at radius 3 is 2.53 bits per heavy atom. The molecule has 1 unspecified atom stereocenters. The van der Waals surface area contributed by atoms with E-state index in [0.717, 1.165) is 10.5 Å². The average Bonchev–Trinajstić information content (AvgIpc) is 2.55. The molecule has 0 radical (unpaired) electrons. The molecule has 1 aliphatic rings. The maximum atomic E-state index is 11.5. The molecule has 1 saturated heterocycles. The minimum Gasteiger partial charge on any atom is -0.351 e. The summed E-state index contributed by atoms with van der Waals surface area (Å²) in [5.41, 5.74) is 5.92. The van der Waals surface area contributed by atoms with Crippen molar-refractivity contribution in [1.29, 1.82) is 0 Å². The normalized spacial score (nSPS) is 19.3. The van der Waals surface area contributed by atoms with E-state index in [1.807, 2.05) is 30.3 Å². The predicted molar refractivity (Wildman–Crippen MR) is 58.9 cm³/mol. The first-order valence-electron chi connectivity index (χ1n) is 5.07. The van der Waals surface area contributed by atoms with Gasteiger partial charge in [-0.2, -0.15) is 0 Å². The van der Waals surface area contributed by atoms with Crippen LogP contribution in [0.15, 0.2) is 30.3 Å². The fourth-order valence-electron chi connectivity index (χ4n) is 1.78. The Kier molecular flexibility index (Phi) is 2.78. The second-order valence-corrected chi connectivity index (χ2v) is 3.71. The van der Waals surface area contributed by atoms with Crippen LogP contribution in [0.25, 0.3) is 0 Å². The molecule has 0 saturated carbocycles. The van der Waals surface area contributed by atoms with Gasteiger partial charge in [-0.15, -0.1) is 0 Å². The zero-order valence-corrected chi connectivity index (χ0v) is 8.92. The summed E-state index contributed by atoms with van der Waals surface area (Å²) in [5.74, 6) is -0.502. The van der Waals surface area contributed by atoms with Gasteiger partial charge in [0, 0.05) is 6.42 Å². The Labute approximate surface area is 97.4 Å². The van der Waals surface area contributed by atoms with Crippen LogP contribution in [-0.2, 0) is 11.2 Å². The van der Waals surface area contributed by atoms with E-state index in [9.17, 15) is 14.4 Å². The molecular formula is C11H11N3O3. The third-order valence-electron chi connectivity index (χ3n) is 2.57. The Morgan fingerprint density at radius 2 is 1.94 bits per heavy atom. The van der Waals surface area contributed by atoms with Crippen molar-refractivity contribution in [2.75, 3.05) is 0 Å². The third-order valence-corrected chi connectivity index (χ3v) is 2.57. The number of nitrogens with zero attached hydrogens (tertiary/aromatic N) is 1. The first kappa shape index (κ1) is 11.1. The standard InChI is InChI=1S/C11H11N3O3/c12-10(16)14-8(9(15)13-11(14)17)6-7-4-2-1-3-5-7/h1-5,8H,6H2,(H2,12,16)(H,13,15,17). The number of imide groups is 2. The van der Waals surface area contributed by atoms with Crippen molar-refractivity contribution in [3.8, 4) is 0 Å². The number of carbonyl (C=O) groups excluding carboxylic acids is 3. The van der Waals surface area contributed by atoms with E-state index in [-0.39, 0.29) is 6.42 Å². The maximum Gasteiger partial charge on any atom is 0.333 e. The lowest BCUT2D eigenvalue weighted by molar-refractivity contribution is -0.121. The summed E-state index contributed by atoms with van der Waals surface area (Å²) >= 11 is 0. The molecule has 0 spiro atoms. The third kappa shape index (κ3) is 2.10. The van der Waals surface area contributed by atoms with Gasteiger partial charge in [-0.3, -0.25) is 10.1 Å². The summed E-state index contributed by atoms with van der Waals surface area (Å²) in [7, 11) is 0. The van der Waals surface area contributed by atoms with E-state index in [0.29, 0.717) is 0 Å². The summed E-state index contributed by atoms with van der Waals surface area (Å²) in [5, 5.41) is 2.07. The number of hydrogen-bond donors (Lipinski definition) is 2. The van der Waals surface area contributed by atoms with Gasteiger partial charge in [0.25, 0.3) is 5.91 Å². The van der Waals surface area contributed by atoms with Crippen molar-refractivity contribution >= 4 is 18.0 Å². The number of amides is 5. The molecule has 0 aromatic heterocycles. The van der Waals surface area contributed by atoms with E-state index >= 15 is 0 Å². The van der Waals surface area contributed by atoms with Gasteiger partial charge in [0.2, 0.25) is 0 Å². The SMILES string of the molecule is NC(=O)N1C(=O)NC(=O)C1Cc1ccccc1. The van der Waals surface area contributed by atoms with Crippen molar-refractivity contribution in [3.05, 3.63) is 35.9 Å². The van der Waals surface area contributed by atoms with E-state index in [1.165, 1.54) is 0 Å². The molecule has 6 heteroatoms. The molecule has 17 heavy (non-hydrogen) atoms. The van der Waals surface area contributed by atoms with E-state index in [4.69, 9.17) is 5.73 Å². The van der Waals surface area contributed by atoms with Gasteiger partial charge in [-0.1, -0.05) is 30.3 Å². The van der Waals surface area contributed by atoms with Crippen LogP contribution in [0.1, 0.15) is 5.56 Å². The van der Waals surface area contributed by atoms with Crippen LogP contribution in [0.2, 0.25) is 0 Å². The predicted octanol–water partition coefficient (Wildman–Crippen LogP) is 0.228. The lowest BCUT2D eigenvalue weighted by Crippen LogP contribution is -2.44. The van der Waals surface area contributed by atoms with Gasteiger partial charge in [0.05, 0.1) is 0 Å². The highest BCUT2D eigenvalue weighted by Crippen LogP contribution is 2.14. The van der Waals surface area contributed by atoms with E-state index in [1.54, 1.807) is 0 Å². The summed E-state index contributed by atoms with van der Waals surface area (Å²) in [6.07, 6.45) is 0.265. The molecule has 1 fully saturated rings. The quantitative estimate of drug-likeness (QED) is 0.716. The van der Waals surface area contributed by atoms with Gasteiger partial charge in [0.15, 0.2) is 0 Å². The molecule has 1 aromatic rings. The summed E-state index contributed by atoms with van der Waals surface area (Å²) in [6, 6.07) is 6.57. The first-order chi connectivity index (χ1) is 8.09. The Bertz CT molecular complexity index is 472. The smallest absolute Gasteiger partial charge is 0.333 e. The van der Waals surface area contributed by atoms with Gasteiger partial charge in [0.1, 0.15) is 6.04 Å². The highest BCUT2D eigenvalue weighted by molar-refractivity contribution is 6.11. The first-order valence-corrected chi connectivity index (χ1v) is 5.07. The van der Waals surface area contributed by atoms with Gasteiger partial charge in [-0.25, -0.2) is 14.5 Å². The minimum absolute atomic E-state index is 0.265.